The fourth-order valence-electron chi connectivity index (χ4n) is 2.19. The van der Waals surface area contributed by atoms with E-state index >= 15 is 0 Å². The van der Waals surface area contributed by atoms with Gasteiger partial charge in [0.15, 0.2) is 0 Å². The maximum absolute atomic E-state index is 5.49. The Hall–Kier alpha value is -1.96. The van der Waals surface area contributed by atoms with Crippen molar-refractivity contribution >= 4 is 5.69 Å². The third-order valence-corrected chi connectivity index (χ3v) is 3.21. The first-order valence-electron chi connectivity index (χ1n) is 7.39. The van der Waals surface area contributed by atoms with Crippen molar-refractivity contribution < 1.29 is 4.74 Å². The van der Waals surface area contributed by atoms with E-state index in [1.807, 2.05) is 19.1 Å². The molecular weight excluding hydrogens is 246 g/mol. The van der Waals surface area contributed by atoms with Crippen LogP contribution in [0.4, 0.5) is 5.69 Å². The molecule has 0 heterocycles. The van der Waals surface area contributed by atoms with Gasteiger partial charge in [-0.3, -0.25) is 0 Å². The average Bonchev–Trinajstić information content (AvgIpc) is 2.49. The van der Waals surface area contributed by atoms with Crippen LogP contribution >= 0.6 is 0 Å². The molecule has 0 amide bonds. The Kier molecular flexibility index (Phi) is 5.97. The molecule has 2 heteroatoms. The molecule has 0 aliphatic rings. The fraction of sp³-hybridized carbons (Fsp3) is 0.333. The van der Waals surface area contributed by atoms with Gasteiger partial charge in [-0.15, -0.1) is 0 Å². The molecule has 0 saturated carbocycles. The monoisotopic (exact) mass is 269 g/mol. The highest BCUT2D eigenvalue weighted by atomic mass is 16.5. The number of unbranched alkanes of at least 4 members (excludes halogenated alkanes) is 1. The van der Waals surface area contributed by atoms with E-state index in [1.54, 1.807) is 0 Å². The molecule has 1 N–H and O–H groups in total. The molecule has 0 aliphatic carbocycles. The number of rotatable bonds is 8. The van der Waals surface area contributed by atoms with Crippen LogP contribution in [0.25, 0.3) is 0 Å². The van der Waals surface area contributed by atoms with E-state index in [0.717, 1.165) is 24.4 Å². The summed E-state index contributed by atoms with van der Waals surface area (Å²) in [6.07, 6.45) is 3.54. The van der Waals surface area contributed by atoms with E-state index in [2.05, 4.69) is 47.8 Å². The van der Waals surface area contributed by atoms with Crippen molar-refractivity contribution in [2.45, 2.75) is 26.2 Å². The predicted molar refractivity (Wildman–Crippen MR) is 85.5 cm³/mol. The summed E-state index contributed by atoms with van der Waals surface area (Å²) in [6, 6.07) is 18.8. The lowest BCUT2D eigenvalue weighted by Crippen LogP contribution is -2.02. The normalized spacial score (nSPS) is 10.2. The summed E-state index contributed by atoms with van der Waals surface area (Å²) in [5, 5.41) is 3.45. The number of ether oxygens (including phenoxy) is 1. The number of hydrogen-bond donors (Lipinski definition) is 1. The molecule has 0 aliphatic heterocycles. The SMILES string of the molecule is CCOc1cccc(NCCCCc2ccccc2)c1. The molecule has 0 aromatic heterocycles. The van der Waals surface area contributed by atoms with Crippen molar-refractivity contribution in [1.29, 1.82) is 0 Å². The molecule has 0 bridgehead atoms. The quantitative estimate of drug-likeness (QED) is 0.711. The Morgan fingerprint density at radius 1 is 0.950 bits per heavy atom. The van der Waals surface area contributed by atoms with E-state index < -0.39 is 0 Å². The van der Waals surface area contributed by atoms with Gasteiger partial charge in [-0.25, -0.2) is 0 Å². The summed E-state index contributed by atoms with van der Waals surface area (Å²) in [6.45, 7) is 3.71. The molecule has 0 saturated heterocycles. The van der Waals surface area contributed by atoms with Crippen LogP contribution in [0.2, 0.25) is 0 Å². The lowest BCUT2D eigenvalue weighted by Gasteiger charge is -2.09. The Labute approximate surface area is 121 Å². The summed E-state index contributed by atoms with van der Waals surface area (Å²) in [5.41, 5.74) is 2.56. The zero-order valence-electron chi connectivity index (χ0n) is 12.1. The van der Waals surface area contributed by atoms with Crippen molar-refractivity contribution in [3.63, 3.8) is 0 Å². The Morgan fingerprint density at radius 2 is 1.80 bits per heavy atom. The van der Waals surface area contributed by atoms with Crippen LogP contribution in [0, 0.1) is 0 Å². The summed E-state index contributed by atoms with van der Waals surface area (Å²) in [4.78, 5) is 0. The van der Waals surface area contributed by atoms with Crippen molar-refractivity contribution in [1.82, 2.24) is 0 Å². The summed E-state index contributed by atoms with van der Waals surface area (Å²) >= 11 is 0. The number of hydrogen-bond acceptors (Lipinski definition) is 2. The zero-order chi connectivity index (χ0) is 14.0. The Morgan fingerprint density at radius 3 is 2.60 bits per heavy atom. The van der Waals surface area contributed by atoms with Crippen LogP contribution in [0.3, 0.4) is 0 Å². The molecule has 2 aromatic rings. The second-order valence-corrected chi connectivity index (χ2v) is 4.83. The lowest BCUT2D eigenvalue weighted by atomic mass is 10.1. The number of nitrogens with one attached hydrogen (secondary N) is 1. The molecule has 0 spiro atoms. The third kappa shape index (κ3) is 4.96. The highest BCUT2D eigenvalue weighted by Gasteiger charge is 1.96. The molecule has 0 fully saturated rings. The Balaban J connectivity index is 1.67. The van der Waals surface area contributed by atoms with Gasteiger partial charge in [0.2, 0.25) is 0 Å². The topological polar surface area (TPSA) is 21.3 Å². The Bertz CT molecular complexity index is 496. The van der Waals surface area contributed by atoms with E-state index in [-0.39, 0.29) is 0 Å². The van der Waals surface area contributed by atoms with Gasteiger partial charge in [-0.1, -0.05) is 36.4 Å². The van der Waals surface area contributed by atoms with E-state index in [9.17, 15) is 0 Å². The van der Waals surface area contributed by atoms with Crippen LogP contribution in [-0.2, 0) is 6.42 Å². The maximum Gasteiger partial charge on any atom is 0.121 e. The van der Waals surface area contributed by atoms with E-state index in [1.165, 1.54) is 18.4 Å². The van der Waals surface area contributed by atoms with Crippen LogP contribution < -0.4 is 10.1 Å². The molecule has 20 heavy (non-hydrogen) atoms. The number of aryl methyl sites for hydroxylation is 1. The first-order chi connectivity index (χ1) is 9.88. The standard InChI is InChI=1S/C18H23NO/c1-2-20-18-13-8-12-17(15-18)19-14-7-6-11-16-9-4-3-5-10-16/h3-5,8-10,12-13,15,19H,2,6-7,11,14H2,1H3. The van der Waals surface area contributed by atoms with Gasteiger partial charge in [0.25, 0.3) is 0 Å². The maximum atomic E-state index is 5.49. The molecule has 0 radical (unpaired) electrons. The van der Waals surface area contributed by atoms with Gasteiger partial charge in [0.05, 0.1) is 6.61 Å². The molecule has 2 rings (SSSR count). The van der Waals surface area contributed by atoms with Gasteiger partial charge in [-0.2, -0.15) is 0 Å². The van der Waals surface area contributed by atoms with Gasteiger partial charge in [-0.05, 0) is 43.9 Å². The smallest absolute Gasteiger partial charge is 0.121 e. The molecular formula is C18H23NO. The first kappa shape index (κ1) is 14.4. The number of anilines is 1. The summed E-state index contributed by atoms with van der Waals surface area (Å²) < 4.78 is 5.49. The van der Waals surface area contributed by atoms with Crippen LogP contribution in [-0.4, -0.2) is 13.2 Å². The largest absolute Gasteiger partial charge is 0.494 e. The van der Waals surface area contributed by atoms with Crippen LogP contribution in [0.1, 0.15) is 25.3 Å². The van der Waals surface area contributed by atoms with E-state index in [4.69, 9.17) is 4.74 Å². The zero-order valence-corrected chi connectivity index (χ0v) is 12.1. The van der Waals surface area contributed by atoms with Gasteiger partial charge < -0.3 is 10.1 Å². The molecule has 0 atom stereocenters. The minimum atomic E-state index is 0.709. The first-order valence-corrected chi connectivity index (χ1v) is 7.39. The van der Waals surface area contributed by atoms with Gasteiger partial charge in [0.1, 0.15) is 5.75 Å². The third-order valence-electron chi connectivity index (χ3n) is 3.21. The molecule has 2 aromatic carbocycles. The molecule has 2 nitrogen and oxygen atoms in total. The van der Waals surface area contributed by atoms with Crippen LogP contribution in [0.15, 0.2) is 54.6 Å². The van der Waals surface area contributed by atoms with Gasteiger partial charge >= 0.3 is 0 Å². The highest BCUT2D eigenvalue weighted by Crippen LogP contribution is 2.17. The second kappa shape index (κ2) is 8.26. The van der Waals surface area contributed by atoms with Crippen molar-refractivity contribution in [3.05, 3.63) is 60.2 Å². The molecule has 106 valence electrons. The minimum Gasteiger partial charge on any atom is -0.494 e. The lowest BCUT2D eigenvalue weighted by molar-refractivity contribution is 0.340. The van der Waals surface area contributed by atoms with Crippen molar-refractivity contribution in [2.75, 3.05) is 18.5 Å². The van der Waals surface area contributed by atoms with E-state index in [0.29, 0.717) is 6.61 Å². The summed E-state index contributed by atoms with van der Waals surface area (Å²) in [7, 11) is 0. The molecule has 0 unspecified atom stereocenters. The fourth-order valence-corrected chi connectivity index (χ4v) is 2.19. The second-order valence-electron chi connectivity index (χ2n) is 4.83. The van der Waals surface area contributed by atoms with Gasteiger partial charge in [0, 0.05) is 18.3 Å². The van der Waals surface area contributed by atoms with Crippen LogP contribution in [0.5, 0.6) is 5.75 Å². The average molecular weight is 269 g/mol. The van der Waals surface area contributed by atoms with Crippen molar-refractivity contribution in [2.24, 2.45) is 0 Å². The highest BCUT2D eigenvalue weighted by molar-refractivity contribution is 5.48. The predicted octanol–water partition coefficient (Wildman–Crippen LogP) is 4.52. The number of benzene rings is 2. The van der Waals surface area contributed by atoms with Crippen molar-refractivity contribution in [3.8, 4) is 5.75 Å². The minimum absolute atomic E-state index is 0.709. The summed E-state index contributed by atoms with van der Waals surface area (Å²) in [5.74, 6) is 0.932.